The fourth-order valence-electron chi connectivity index (χ4n) is 13.1. The molecule has 1 unspecified atom stereocenters. The number of rotatable bonds is 17. The number of nitrogen functional groups attached to an aromatic ring is 1. The molecule has 3 aliphatic rings. The molecule has 4 aromatic heterocycles. The molecule has 0 amide bonds. The summed E-state index contributed by atoms with van der Waals surface area (Å²) in [7, 11) is 0. The highest BCUT2D eigenvalue weighted by Crippen LogP contribution is 2.44. The maximum atomic E-state index is 10.8. The maximum Gasteiger partial charge on any atom is 0.304 e. The van der Waals surface area contributed by atoms with Crippen LogP contribution in [0.15, 0.2) is 241 Å². The second-order valence-corrected chi connectivity index (χ2v) is 30.7. The van der Waals surface area contributed by atoms with Crippen LogP contribution in [0.3, 0.4) is 0 Å². The second-order valence-electron chi connectivity index (χ2n) is 29.9. The number of ether oxygens (including phenoxy) is 3. The van der Waals surface area contributed by atoms with Crippen molar-refractivity contribution in [2.45, 2.75) is 124 Å². The lowest BCUT2D eigenvalue weighted by Gasteiger charge is -2.22. The molecule has 2 aliphatic heterocycles. The number of fused-ring (bicyclic) bond motifs is 2. The first-order valence-corrected chi connectivity index (χ1v) is 37.4. The topological polar surface area (TPSA) is 237 Å². The summed E-state index contributed by atoms with van der Waals surface area (Å²) in [5, 5.41) is 37.6. The Kier molecular flexibility index (Phi) is 24.5. The van der Waals surface area contributed by atoms with Crippen LogP contribution in [0.5, 0.6) is 0 Å². The van der Waals surface area contributed by atoms with Crippen LogP contribution in [0.25, 0.3) is 21.8 Å². The molecule has 17 nitrogen and oxygen atoms in total. The molecule has 1 saturated carbocycles. The van der Waals surface area contributed by atoms with E-state index in [4.69, 9.17) is 64.5 Å². The van der Waals surface area contributed by atoms with E-state index in [-0.39, 0.29) is 47.0 Å². The number of terminal acetylenes is 1. The van der Waals surface area contributed by atoms with Crippen LogP contribution in [0.1, 0.15) is 182 Å². The van der Waals surface area contributed by atoms with Crippen LogP contribution in [0, 0.1) is 59.7 Å². The van der Waals surface area contributed by atoms with Gasteiger partial charge in [-0.25, -0.2) is 19.7 Å². The zero-order valence-electron chi connectivity index (χ0n) is 63.0. The molecule has 110 heavy (non-hydrogen) atoms. The minimum absolute atomic E-state index is 0.0327. The Morgan fingerprint density at radius 1 is 0.609 bits per heavy atom. The summed E-state index contributed by atoms with van der Waals surface area (Å²) in [4.78, 5) is 34.5. The molecule has 554 valence electrons. The van der Waals surface area contributed by atoms with Gasteiger partial charge in [0.1, 0.15) is 35.6 Å². The highest BCUT2D eigenvalue weighted by Gasteiger charge is 2.38. The number of pyridine rings is 3. The number of carbonyl (C=O) groups is 1. The molecular formula is C91H87Cl2N13O4. The summed E-state index contributed by atoms with van der Waals surface area (Å²) in [6.45, 7) is 19.7. The number of hydrogen-bond donors (Lipinski definition) is 3. The minimum atomic E-state index is -0.575. The smallest absolute Gasteiger partial charge is 0.304 e. The summed E-state index contributed by atoms with van der Waals surface area (Å²) < 4.78 is 20.0. The standard InChI is InChI=1S/C35H27N3O2.C29H31ClN6.C15H17ClN4.C12H12O2/c1-5-14-24(15-6-1)30-32(26-18-9-3-10-19-26)39-34(37-30)28-22-13-23-29(36-28)35-38-31(25-16-7-2-8-17-25)33(40-35)27-20-11-4-12-21-27;1-18-7-5-6-8-22(18)23(26-16-36(35-34-26)21-9-10-21)11-19-12-24-27(33-17-29(2,3)4)20(14-31)15-32-28(24)25(30)13-19;1-15(2,3)8-20-13-9(6-17)7-19-14-11(13)4-10(18)5-12(14)16;1-4-12(14-10(3)13)11-8-6-5-7-9(11)2/h1-23,30-33H;5-8,12-13,15-16,21,23H,9-11,17H2,1-4H3,(H,32,33);4-5,7H,8,18H2,1-3H3,(H,19,20);1,5-8,12H,2-3H3/t30-,31-,32+,33+;23-;;/m00../s1. The number of hydrogen-bond acceptors (Lipinski definition) is 16. The quantitative estimate of drug-likeness (QED) is 0.0437. The van der Waals surface area contributed by atoms with Gasteiger partial charge in [0, 0.05) is 66.5 Å². The molecule has 0 spiro atoms. The lowest BCUT2D eigenvalue weighted by molar-refractivity contribution is -0.144. The molecule has 12 aromatic rings. The first-order valence-electron chi connectivity index (χ1n) is 36.6. The molecule has 1 aliphatic carbocycles. The van der Waals surface area contributed by atoms with Gasteiger partial charge in [-0.2, -0.15) is 10.5 Å². The maximum absolute atomic E-state index is 10.8. The summed E-state index contributed by atoms with van der Waals surface area (Å²) in [6.07, 6.45) is 12.5. The number of anilines is 3. The Morgan fingerprint density at radius 2 is 1.05 bits per heavy atom. The first-order chi connectivity index (χ1) is 53.0. The van der Waals surface area contributed by atoms with Crippen molar-refractivity contribution in [3.8, 4) is 24.5 Å². The van der Waals surface area contributed by atoms with Crippen molar-refractivity contribution in [1.29, 1.82) is 10.5 Å². The molecule has 6 heterocycles. The second kappa shape index (κ2) is 34.8. The summed E-state index contributed by atoms with van der Waals surface area (Å²) in [5.74, 6) is 3.15. The van der Waals surface area contributed by atoms with Crippen molar-refractivity contribution in [2.24, 2.45) is 20.8 Å². The molecule has 6 atom stereocenters. The Morgan fingerprint density at radius 3 is 1.50 bits per heavy atom. The van der Waals surface area contributed by atoms with Crippen LogP contribution in [-0.4, -0.2) is 60.8 Å². The number of nitrogens with one attached hydrogen (secondary N) is 2. The van der Waals surface area contributed by atoms with Crippen molar-refractivity contribution < 1.29 is 19.0 Å². The summed E-state index contributed by atoms with van der Waals surface area (Å²) >= 11 is 12.9. The number of carbonyl (C=O) groups excluding carboxylic acids is 1. The van der Waals surface area contributed by atoms with Crippen LogP contribution in [0.4, 0.5) is 17.1 Å². The normalized spacial score (nSPS) is 16.2. The number of esters is 1. The Balaban J connectivity index is 0.000000147. The van der Waals surface area contributed by atoms with Gasteiger partial charge in [0.15, 0.2) is 18.3 Å². The molecule has 0 bridgehead atoms. The lowest BCUT2D eigenvalue weighted by atomic mass is 9.86. The van der Waals surface area contributed by atoms with Crippen molar-refractivity contribution >= 4 is 79.8 Å². The number of aryl methyl sites for hydroxylation is 2. The molecule has 0 saturated heterocycles. The van der Waals surface area contributed by atoms with Gasteiger partial charge in [-0.3, -0.25) is 14.8 Å². The third-order valence-corrected chi connectivity index (χ3v) is 19.3. The van der Waals surface area contributed by atoms with Gasteiger partial charge < -0.3 is 30.6 Å². The predicted molar refractivity (Wildman–Crippen MR) is 439 cm³/mol. The van der Waals surface area contributed by atoms with Gasteiger partial charge in [-0.1, -0.05) is 252 Å². The molecular weight excluding hydrogens is 1410 g/mol. The van der Waals surface area contributed by atoms with E-state index in [1.165, 1.54) is 24.2 Å². The zero-order valence-corrected chi connectivity index (χ0v) is 64.5. The lowest BCUT2D eigenvalue weighted by Crippen LogP contribution is -2.19. The van der Waals surface area contributed by atoms with Crippen molar-refractivity contribution in [3.05, 3.63) is 319 Å². The zero-order chi connectivity index (χ0) is 77.6. The monoisotopic (exact) mass is 1500 g/mol. The van der Waals surface area contributed by atoms with Crippen LogP contribution < -0.4 is 16.4 Å². The molecule has 1 fully saturated rings. The molecule has 15 rings (SSSR count). The van der Waals surface area contributed by atoms with Gasteiger partial charge in [0.05, 0.1) is 55.3 Å². The Labute approximate surface area is 653 Å². The van der Waals surface area contributed by atoms with E-state index in [1.807, 2.05) is 133 Å². The van der Waals surface area contributed by atoms with E-state index in [9.17, 15) is 15.3 Å². The minimum Gasteiger partial charge on any atom is -0.465 e. The number of nitrogens with two attached hydrogens (primary N) is 1. The SMILES string of the molecule is C#CC(OC(C)=O)c1ccccc1C.CC(C)(C)CNc1c(C#N)cnc2c(Cl)cc(N)cc12.Cc1ccccc1[C@H](Cc1cc(Cl)c2ncc(C#N)c(NCC(C)(C)C)c2c1)c1cn(C2CC2)nn1.c1ccc([C@H]2OC(c3cccc(C4=N[C@@H](c5ccccc5)[C@@H](c5ccccc5)O4)n3)=N[C@H]2c2ccccc2)cc1. The van der Waals surface area contributed by atoms with Crippen LogP contribution in [0.2, 0.25) is 10.0 Å². The predicted octanol–water partition coefficient (Wildman–Crippen LogP) is 20.5. The fourth-order valence-corrected chi connectivity index (χ4v) is 13.7. The van der Waals surface area contributed by atoms with Gasteiger partial charge in [0.2, 0.25) is 11.8 Å². The number of benzene rings is 8. The van der Waals surface area contributed by atoms with Gasteiger partial charge in [-0.15, -0.1) is 11.5 Å². The van der Waals surface area contributed by atoms with Crippen molar-refractivity contribution in [1.82, 2.24) is 29.9 Å². The van der Waals surface area contributed by atoms with E-state index in [2.05, 4.69) is 182 Å². The third kappa shape index (κ3) is 19.2. The average Bonchev–Trinajstić information content (AvgIpc) is 1.75. The van der Waals surface area contributed by atoms with E-state index in [0.29, 0.717) is 73.5 Å². The highest BCUT2D eigenvalue weighted by molar-refractivity contribution is 6.36. The van der Waals surface area contributed by atoms with Gasteiger partial charge in [-0.05, 0) is 125 Å². The van der Waals surface area contributed by atoms with Crippen molar-refractivity contribution in [2.75, 3.05) is 29.5 Å². The van der Waals surface area contributed by atoms with Gasteiger partial charge >= 0.3 is 5.97 Å². The van der Waals surface area contributed by atoms with Gasteiger partial charge in [0.25, 0.3) is 0 Å². The van der Waals surface area contributed by atoms with Crippen LogP contribution in [-0.2, 0) is 25.4 Å². The Hall–Kier alpha value is -12.2. The number of nitrogens with zero attached hydrogens (tertiary/aromatic N) is 10. The third-order valence-electron chi connectivity index (χ3n) is 18.8. The highest BCUT2D eigenvalue weighted by atomic mass is 35.5. The van der Waals surface area contributed by atoms with E-state index in [1.54, 1.807) is 18.3 Å². The number of aliphatic imine (C=N–C) groups is 2. The molecule has 4 N–H and O–H groups in total. The molecule has 19 heteroatoms. The van der Waals surface area contributed by atoms with E-state index < -0.39 is 6.10 Å². The van der Waals surface area contributed by atoms with E-state index in [0.717, 1.165) is 92.7 Å². The average molecular weight is 1500 g/mol. The summed E-state index contributed by atoms with van der Waals surface area (Å²) in [6, 6.07) is 75.0. The largest absolute Gasteiger partial charge is 0.465 e. The number of aromatic nitrogens is 6. The number of halogens is 2. The number of nitriles is 2. The molecule has 8 aromatic carbocycles. The fraction of sp³-hybridized carbons (Fsp3) is 0.253. The van der Waals surface area contributed by atoms with Crippen LogP contribution >= 0.6 is 23.2 Å². The molecule has 0 radical (unpaired) electrons. The Bertz CT molecular complexity index is 5320. The summed E-state index contributed by atoms with van der Waals surface area (Å²) in [5.41, 5.74) is 22.4. The van der Waals surface area contributed by atoms with Crippen molar-refractivity contribution in [3.63, 3.8) is 0 Å². The first kappa shape index (κ1) is 77.4. The van der Waals surface area contributed by atoms with E-state index >= 15 is 0 Å².